The van der Waals surface area contributed by atoms with Gasteiger partial charge in [0.1, 0.15) is 5.75 Å². The van der Waals surface area contributed by atoms with Crippen LogP contribution in [0.5, 0.6) is 5.75 Å². The molecule has 1 heterocycles. The SMILES string of the molecule is CCN1CC(=O)Nc2ccc(O)cc21. The molecule has 2 rings (SSSR count). The molecule has 0 saturated heterocycles. The minimum Gasteiger partial charge on any atom is -0.508 e. The fourth-order valence-corrected chi connectivity index (χ4v) is 1.62. The second kappa shape index (κ2) is 3.21. The highest BCUT2D eigenvalue weighted by Gasteiger charge is 2.20. The summed E-state index contributed by atoms with van der Waals surface area (Å²) in [4.78, 5) is 13.2. The molecule has 4 heteroatoms. The highest BCUT2D eigenvalue weighted by atomic mass is 16.3. The summed E-state index contributed by atoms with van der Waals surface area (Å²) in [7, 11) is 0. The Morgan fingerprint density at radius 1 is 1.57 bits per heavy atom. The Balaban J connectivity index is 2.46. The smallest absolute Gasteiger partial charge is 0.243 e. The molecule has 0 radical (unpaired) electrons. The number of carbonyl (C=O) groups is 1. The van der Waals surface area contributed by atoms with Crippen LogP contribution in [0.2, 0.25) is 0 Å². The maximum absolute atomic E-state index is 11.3. The highest BCUT2D eigenvalue weighted by Crippen LogP contribution is 2.32. The van der Waals surface area contributed by atoms with Gasteiger partial charge in [-0.25, -0.2) is 0 Å². The first-order valence-corrected chi connectivity index (χ1v) is 4.58. The van der Waals surface area contributed by atoms with Gasteiger partial charge in [-0.3, -0.25) is 4.79 Å². The summed E-state index contributed by atoms with van der Waals surface area (Å²) in [6.07, 6.45) is 0. The summed E-state index contributed by atoms with van der Waals surface area (Å²) < 4.78 is 0. The van der Waals surface area contributed by atoms with Crippen LogP contribution >= 0.6 is 0 Å². The molecule has 1 amide bonds. The van der Waals surface area contributed by atoms with E-state index >= 15 is 0 Å². The molecule has 0 aromatic heterocycles. The number of nitrogens with zero attached hydrogens (tertiary/aromatic N) is 1. The van der Waals surface area contributed by atoms with E-state index in [0.717, 1.165) is 17.9 Å². The number of hydrogen-bond donors (Lipinski definition) is 2. The van der Waals surface area contributed by atoms with E-state index in [4.69, 9.17) is 0 Å². The van der Waals surface area contributed by atoms with Crippen molar-refractivity contribution in [2.75, 3.05) is 23.3 Å². The number of rotatable bonds is 1. The van der Waals surface area contributed by atoms with E-state index in [9.17, 15) is 9.90 Å². The Labute approximate surface area is 82.2 Å². The molecular weight excluding hydrogens is 180 g/mol. The van der Waals surface area contributed by atoms with Gasteiger partial charge in [-0.15, -0.1) is 0 Å². The predicted octanol–water partition coefficient (Wildman–Crippen LogP) is 1.17. The van der Waals surface area contributed by atoms with E-state index in [-0.39, 0.29) is 11.7 Å². The van der Waals surface area contributed by atoms with Crippen LogP contribution in [0.4, 0.5) is 11.4 Å². The minimum atomic E-state index is -0.00922. The normalized spacial score (nSPS) is 14.9. The molecule has 1 aromatic rings. The van der Waals surface area contributed by atoms with Gasteiger partial charge in [-0.05, 0) is 19.1 Å². The number of phenolic OH excluding ortho intramolecular Hbond substituents is 1. The lowest BCUT2D eigenvalue weighted by Crippen LogP contribution is -2.37. The molecule has 0 fully saturated rings. The molecule has 14 heavy (non-hydrogen) atoms. The lowest BCUT2D eigenvalue weighted by Gasteiger charge is -2.29. The van der Waals surface area contributed by atoms with Crippen LogP contribution < -0.4 is 10.2 Å². The zero-order chi connectivity index (χ0) is 10.1. The Bertz CT molecular complexity index is 376. The van der Waals surface area contributed by atoms with Gasteiger partial charge in [0.05, 0.1) is 17.9 Å². The number of nitrogens with one attached hydrogen (secondary N) is 1. The molecule has 0 atom stereocenters. The van der Waals surface area contributed by atoms with Gasteiger partial charge in [-0.1, -0.05) is 0 Å². The van der Waals surface area contributed by atoms with Gasteiger partial charge in [0.2, 0.25) is 5.91 Å². The lowest BCUT2D eigenvalue weighted by atomic mass is 10.2. The van der Waals surface area contributed by atoms with E-state index in [0.29, 0.717) is 6.54 Å². The average Bonchev–Trinajstić information content (AvgIpc) is 2.17. The van der Waals surface area contributed by atoms with Crippen LogP contribution in [-0.4, -0.2) is 24.1 Å². The van der Waals surface area contributed by atoms with Crippen molar-refractivity contribution in [2.45, 2.75) is 6.92 Å². The Morgan fingerprint density at radius 3 is 3.07 bits per heavy atom. The van der Waals surface area contributed by atoms with E-state index in [2.05, 4.69) is 5.32 Å². The summed E-state index contributed by atoms with van der Waals surface area (Å²) >= 11 is 0. The number of fused-ring (bicyclic) bond motifs is 1. The molecule has 0 saturated carbocycles. The van der Waals surface area contributed by atoms with E-state index in [1.807, 2.05) is 11.8 Å². The van der Waals surface area contributed by atoms with Gasteiger partial charge >= 0.3 is 0 Å². The molecule has 0 unspecified atom stereocenters. The third kappa shape index (κ3) is 1.39. The van der Waals surface area contributed by atoms with Gasteiger partial charge in [0.15, 0.2) is 0 Å². The Kier molecular flexibility index (Phi) is 2.04. The molecule has 1 aliphatic heterocycles. The number of anilines is 2. The third-order valence-corrected chi connectivity index (χ3v) is 2.31. The summed E-state index contributed by atoms with van der Waals surface area (Å²) in [5, 5.41) is 12.1. The molecule has 74 valence electrons. The minimum absolute atomic E-state index is 0.00922. The maximum atomic E-state index is 11.3. The zero-order valence-corrected chi connectivity index (χ0v) is 7.95. The van der Waals surface area contributed by atoms with Crippen LogP contribution in [0.1, 0.15) is 6.92 Å². The van der Waals surface area contributed by atoms with Crippen molar-refractivity contribution in [3.63, 3.8) is 0 Å². The quantitative estimate of drug-likeness (QED) is 0.657. The topological polar surface area (TPSA) is 52.6 Å². The zero-order valence-electron chi connectivity index (χ0n) is 7.95. The van der Waals surface area contributed by atoms with Crippen LogP contribution in [0.15, 0.2) is 18.2 Å². The predicted molar refractivity (Wildman–Crippen MR) is 54.6 cm³/mol. The fraction of sp³-hybridized carbons (Fsp3) is 0.300. The van der Waals surface area contributed by atoms with Crippen molar-refractivity contribution < 1.29 is 9.90 Å². The fourth-order valence-electron chi connectivity index (χ4n) is 1.62. The molecule has 1 aliphatic rings. The number of amides is 1. The number of hydrogen-bond acceptors (Lipinski definition) is 3. The van der Waals surface area contributed by atoms with E-state index in [1.165, 1.54) is 0 Å². The van der Waals surface area contributed by atoms with Crippen LogP contribution in [0.25, 0.3) is 0 Å². The summed E-state index contributed by atoms with van der Waals surface area (Å²) in [6, 6.07) is 4.95. The van der Waals surface area contributed by atoms with Gasteiger partial charge in [0, 0.05) is 12.6 Å². The first kappa shape index (κ1) is 8.87. The molecule has 0 spiro atoms. The van der Waals surface area contributed by atoms with Crippen LogP contribution in [0, 0.1) is 0 Å². The number of aromatic hydroxyl groups is 1. The summed E-state index contributed by atoms with van der Waals surface area (Å²) in [6.45, 7) is 3.09. The molecule has 2 N–H and O–H groups in total. The number of phenols is 1. The number of likely N-dealkylation sites (N-methyl/N-ethyl adjacent to an activating group) is 1. The average molecular weight is 192 g/mol. The Hall–Kier alpha value is -1.71. The van der Waals surface area contributed by atoms with Crippen LogP contribution in [-0.2, 0) is 4.79 Å². The molecule has 0 aliphatic carbocycles. The van der Waals surface area contributed by atoms with Crippen molar-refractivity contribution in [3.05, 3.63) is 18.2 Å². The standard InChI is InChI=1S/C10H12N2O2/c1-2-12-6-10(14)11-8-4-3-7(13)5-9(8)12/h3-5,13H,2,6H2,1H3,(H,11,14). The first-order chi connectivity index (χ1) is 6.70. The molecule has 0 bridgehead atoms. The first-order valence-electron chi connectivity index (χ1n) is 4.58. The van der Waals surface area contributed by atoms with E-state index < -0.39 is 0 Å². The summed E-state index contributed by atoms with van der Waals surface area (Å²) in [5.41, 5.74) is 1.65. The van der Waals surface area contributed by atoms with Crippen LogP contribution in [0.3, 0.4) is 0 Å². The maximum Gasteiger partial charge on any atom is 0.243 e. The number of benzene rings is 1. The highest BCUT2D eigenvalue weighted by molar-refractivity contribution is 6.01. The van der Waals surface area contributed by atoms with Crippen molar-refractivity contribution in [2.24, 2.45) is 0 Å². The van der Waals surface area contributed by atoms with Gasteiger partial charge < -0.3 is 15.3 Å². The van der Waals surface area contributed by atoms with Crippen molar-refractivity contribution in [1.29, 1.82) is 0 Å². The molecule has 4 nitrogen and oxygen atoms in total. The number of carbonyl (C=O) groups excluding carboxylic acids is 1. The van der Waals surface area contributed by atoms with Gasteiger partial charge in [0.25, 0.3) is 0 Å². The van der Waals surface area contributed by atoms with Gasteiger partial charge in [-0.2, -0.15) is 0 Å². The lowest BCUT2D eigenvalue weighted by molar-refractivity contribution is -0.115. The Morgan fingerprint density at radius 2 is 2.36 bits per heavy atom. The second-order valence-corrected chi connectivity index (χ2v) is 3.26. The second-order valence-electron chi connectivity index (χ2n) is 3.26. The monoisotopic (exact) mass is 192 g/mol. The van der Waals surface area contributed by atoms with Crippen molar-refractivity contribution >= 4 is 17.3 Å². The summed E-state index contributed by atoms with van der Waals surface area (Å²) in [5.74, 6) is 0.211. The van der Waals surface area contributed by atoms with Crippen molar-refractivity contribution in [1.82, 2.24) is 0 Å². The third-order valence-electron chi connectivity index (χ3n) is 2.31. The van der Waals surface area contributed by atoms with Crippen molar-refractivity contribution in [3.8, 4) is 5.75 Å². The van der Waals surface area contributed by atoms with E-state index in [1.54, 1.807) is 18.2 Å². The molecular formula is C10H12N2O2. The largest absolute Gasteiger partial charge is 0.508 e. The molecule has 1 aromatic carbocycles.